The van der Waals surface area contributed by atoms with E-state index in [4.69, 9.17) is 5.11 Å². The highest BCUT2D eigenvalue weighted by Crippen LogP contribution is 2.39. The first-order valence-electron chi connectivity index (χ1n) is 9.59. The zero-order valence-electron chi connectivity index (χ0n) is 16.9. The van der Waals surface area contributed by atoms with Gasteiger partial charge in [0.15, 0.2) is 5.75 Å². The smallest absolute Gasteiger partial charge is 0.313 e. The molecule has 4 rings (SSSR count). The summed E-state index contributed by atoms with van der Waals surface area (Å²) in [6, 6.07) is 16.5. The van der Waals surface area contributed by atoms with Gasteiger partial charge < -0.3 is 10.2 Å². The van der Waals surface area contributed by atoms with Gasteiger partial charge in [-0.05, 0) is 53.6 Å². The van der Waals surface area contributed by atoms with Crippen LogP contribution in [0.4, 0.5) is 10.1 Å². The van der Waals surface area contributed by atoms with E-state index in [0.717, 1.165) is 22.9 Å². The number of phenolic OH excluding ortho intramolecular Hbond substituents is 1. The maximum absolute atomic E-state index is 13.1. The molecular weight excluding hydrogens is 467 g/mol. The van der Waals surface area contributed by atoms with E-state index in [1.807, 2.05) is 0 Å². The number of nitrogens with zero attached hydrogens (tertiary/aromatic N) is 1. The van der Waals surface area contributed by atoms with Gasteiger partial charge in [-0.15, -0.1) is 11.8 Å². The van der Waals surface area contributed by atoms with Gasteiger partial charge in [-0.3, -0.25) is 14.5 Å². The first-order valence-corrected chi connectivity index (χ1v) is 12.1. The number of pyridine rings is 1. The standard InChI is InChI=1S/C23H17FN2O5S2/c24-16-7-3-14(4-8-16)15-5-9-17(10-6-15)33(30,31)26-19-12-20(32-13-21(27)28)23(29)22-18(19)2-1-11-25-22/h1-12,26,29H,13H2,(H,27,28). The second kappa shape index (κ2) is 9.08. The Kier molecular flexibility index (Phi) is 6.21. The molecule has 0 saturated carbocycles. The van der Waals surface area contributed by atoms with Crippen molar-refractivity contribution in [1.29, 1.82) is 0 Å². The molecule has 0 radical (unpaired) electrons. The molecule has 3 N–H and O–H groups in total. The number of carboxylic acid groups (broad SMARTS) is 1. The van der Waals surface area contributed by atoms with Gasteiger partial charge in [-0.25, -0.2) is 12.8 Å². The van der Waals surface area contributed by atoms with Crippen LogP contribution in [0.3, 0.4) is 0 Å². The van der Waals surface area contributed by atoms with Crippen LogP contribution >= 0.6 is 11.8 Å². The lowest BCUT2D eigenvalue weighted by Crippen LogP contribution is -2.13. The number of halogens is 1. The van der Waals surface area contributed by atoms with Gasteiger partial charge in [0, 0.05) is 11.6 Å². The molecular formula is C23H17FN2O5S2. The summed E-state index contributed by atoms with van der Waals surface area (Å²) < 4.78 is 41.8. The van der Waals surface area contributed by atoms with Crippen molar-refractivity contribution in [2.75, 3.05) is 10.5 Å². The number of nitrogens with one attached hydrogen (secondary N) is 1. The van der Waals surface area contributed by atoms with Crippen LogP contribution in [0.1, 0.15) is 0 Å². The Balaban J connectivity index is 1.68. The lowest BCUT2D eigenvalue weighted by atomic mass is 10.1. The van der Waals surface area contributed by atoms with Crippen molar-refractivity contribution in [1.82, 2.24) is 4.98 Å². The minimum Gasteiger partial charge on any atom is -0.505 e. The molecule has 1 aromatic heterocycles. The number of rotatable bonds is 7. The Labute approximate surface area is 193 Å². The molecule has 0 aliphatic heterocycles. The molecule has 33 heavy (non-hydrogen) atoms. The number of benzene rings is 3. The molecule has 1 heterocycles. The summed E-state index contributed by atoms with van der Waals surface area (Å²) >= 11 is 0.855. The van der Waals surface area contributed by atoms with E-state index in [2.05, 4.69) is 9.71 Å². The second-order valence-corrected chi connectivity index (χ2v) is 9.69. The van der Waals surface area contributed by atoms with E-state index in [9.17, 15) is 22.7 Å². The Morgan fingerprint density at radius 2 is 1.67 bits per heavy atom. The third kappa shape index (κ3) is 4.91. The van der Waals surface area contributed by atoms with E-state index in [1.54, 1.807) is 36.4 Å². The average molecular weight is 485 g/mol. The van der Waals surface area contributed by atoms with Gasteiger partial charge in [-0.2, -0.15) is 0 Å². The number of aromatic hydroxyl groups is 1. The molecule has 4 aromatic rings. The fraction of sp³-hybridized carbons (Fsp3) is 0.0435. The van der Waals surface area contributed by atoms with Crippen LogP contribution in [0.25, 0.3) is 22.0 Å². The summed E-state index contributed by atoms with van der Waals surface area (Å²) in [6.07, 6.45) is 1.44. The van der Waals surface area contributed by atoms with E-state index in [-0.39, 0.29) is 38.3 Å². The zero-order valence-corrected chi connectivity index (χ0v) is 18.5. The summed E-state index contributed by atoms with van der Waals surface area (Å²) in [6.45, 7) is 0. The van der Waals surface area contributed by atoms with E-state index in [0.29, 0.717) is 5.39 Å². The topological polar surface area (TPSA) is 117 Å². The summed E-state index contributed by atoms with van der Waals surface area (Å²) in [5.74, 6) is -1.98. The summed E-state index contributed by atoms with van der Waals surface area (Å²) in [7, 11) is -4.02. The van der Waals surface area contributed by atoms with Gasteiger partial charge in [0.25, 0.3) is 10.0 Å². The molecule has 10 heteroatoms. The number of fused-ring (bicyclic) bond motifs is 1. The predicted octanol–water partition coefficient (Wildman–Crippen LogP) is 4.72. The number of carboxylic acids is 1. The van der Waals surface area contributed by atoms with Crippen molar-refractivity contribution >= 4 is 44.3 Å². The number of phenols is 1. The molecule has 0 aliphatic carbocycles. The van der Waals surface area contributed by atoms with Crippen molar-refractivity contribution in [2.45, 2.75) is 9.79 Å². The fourth-order valence-corrected chi connectivity index (χ4v) is 5.00. The Morgan fingerprint density at radius 1 is 1.03 bits per heavy atom. The van der Waals surface area contributed by atoms with E-state index < -0.39 is 16.0 Å². The fourth-order valence-electron chi connectivity index (χ4n) is 3.21. The molecule has 0 bridgehead atoms. The van der Waals surface area contributed by atoms with Crippen molar-refractivity contribution in [3.63, 3.8) is 0 Å². The van der Waals surface area contributed by atoms with Crippen molar-refractivity contribution < 1.29 is 27.8 Å². The Bertz CT molecular complexity index is 1440. The molecule has 0 saturated heterocycles. The number of hydrogen-bond donors (Lipinski definition) is 3. The first kappa shape index (κ1) is 22.6. The number of carbonyl (C=O) groups is 1. The van der Waals surface area contributed by atoms with E-state index >= 15 is 0 Å². The lowest BCUT2D eigenvalue weighted by Gasteiger charge is -2.14. The van der Waals surface area contributed by atoms with Crippen LogP contribution in [0.15, 0.2) is 82.7 Å². The monoisotopic (exact) mass is 484 g/mol. The molecule has 7 nitrogen and oxygen atoms in total. The SMILES string of the molecule is O=C(O)CSc1cc(NS(=O)(=O)c2ccc(-c3ccc(F)cc3)cc2)c2cccnc2c1O. The summed E-state index contributed by atoms with van der Waals surface area (Å²) in [5, 5.41) is 19.8. The van der Waals surface area contributed by atoms with Crippen molar-refractivity contribution in [2.24, 2.45) is 0 Å². The maximum atomic E-state index is 13.1. The Morgan fingerprint density at radius 3 is 2.30 bits per heavy atom. The number of sulfonamides is 1. The van der Waals surface area contributed by atoms with Crippen LogP contribution in [0.2, 0.25) is 0 Å². The van der Waals surface area contributed by atoms with Gasteiger partial charge in [-0.1, -0.05) is 24.3 Å². The van der Waals surface area contributed by atoms with Crippen molar-refractivity contribution in [3.05, 3.63) is 78.7 Å². The molecule has 0 aliphatic rings. The number of aliphatic carboxylic acids is 1. The molecule has 0 fully saturated rings. The molecule has 3 aromatic carbocycles. The first-order chi connectivity index (χ1) is 15.7. The summed E-state index contributed by atoms with van der Waals surface area (Å²) in [5.41, 5.74) is 1.77. The highest BCUT2D eigenvalue weighted by Gasteiger charge is 2.20. The number of hydrogen-bond acceptors (Lipinski definition) is 6. The van der Waals surface area contributed by atoms with Crippen LogP contribution < -0.4 is 4.72 Å². The highest BCUT2D eigenvalue weighted by molar-refractivity contribution is 8.00. The third-order valence-corrected chi connectivity index (χ3v) is 7.16. The minimum absolute atomic E-state index is 0.00165. The van der Waals surface area contributed by atoms with Crippen LogP contribution in [0, 0.1) is 5.82 Å². The number of anilines is 1. The normalized spacial score (nSPS) is 11.4. The summed E-state index contributed by atoms with van der Waals surface area (Å²) in [4.78, 5) is 15.2. The van der Waals surface area contributed by atoms with Crippen LogP contribution in [-0.2, 0) is 14.8 Å². The van der Waals surface area contributed by atoms with Gasteiger partial charge >= 0.3 is 5.97 Å². The number of thioether (sulfide) groups is 1. The van der Waals surface area contributed by atoms with Crippen molar-refractivity contribution in [3.8, 4) is 16.9 Å². The molecule has 0 unspecified atom stereocenters. The number of aromatic nitrogens is 1. The zero-order chi connectivity index (χ0) is 23.6. The largest absolute Gasteiger partial charge is 0.505 e. The molecule has 168 valence electrons. The highest BCUT2D eigenvalue weighted by atomic mass is 32.2. The Hall–Kier alpha value is -3.63. The lowest BCUT2D eigenvalue weighted by molar-refractivity contribution is -0.133. The van der Waals surface area contributed by atoms with Crippen LogP contribution in [-0.4, -0.2) is 35.3 Å². The van der Waals surface area contributed by atoms with Gasteiger partial charge in [0.2, 0.25) is 0 Å². The van der Waals surface area contributed by atoms with Crippen LogP contribution in [0.5, 0.6) is 5.75 Å². The molecule has 0 spiro atoms. The minimum atomic E-state index is -4.02. The molecule has 0 amide bonds. The van der Waals surface area contributed by atoms with Gasteiger partial charge in [0.05, 0.1) is 21.2 Å². The maximum Gasteiger partial charge on any atom is 0.313 e. The second-order valence-electron chi connectivity index (χ2n) is 6.99. The van der Waals surface area contributed by atoms with Gasteiger partial charge in [0.1, 0.15) is 11.3 Å². The predicted molar refractivity (Wildman–Crippen MR) is 124 cm³/mol. The quantitative estimate of drug-likeness (QED) is 0.257. The molecule has 0 atom stereocenters. The third-order valence-electron chi connectivity index (χ3n) is 4.77. The van der Waals surface area contributed by atoms with E-state index in [1.165, 1.54) is 36.5 Å². The average Bonchev–Trinajstić information content (AvgIpc) is 2.80.